The van der Waals surface area contributed by atoms with Gasteiger partial charge in [0, 0.05) is 37.0 Å². The second-order valence-corrected chi connectivity index (χ2v) is 15.1. The zero-order valence-corrected chi connectivity index (χ0v) is 26.2. The number of ether oxygens (including phenoxy) is 3. The van der Waals surface area contributed by atoms with Crippen LogP contribution in [0.3, 0.4) is 0 Å². The molecule has 18 atom stereocenters. The molecule has 0 radical (unpaired) electrons. The average molecular weight is 649 g/mol. The van der Waals surface area contributed by atoms with Gasteiger partial charge in [-0.15, -0.1) is 0 Å². The fourth-order valence-electron chi connectivity index (χ4n) is 11.8. The van der Waals surface area contributed by atoms with Gasteiger partial charge in [-0.3, -0.25) is 19.2 Å². The van der Waals surface area contributed by atoms with Gasteiger partial charge in [0.25, 0.3) is 0 Å². The zero-order valence-electron chi connectivity index (χ0n) is 26.2. The van der Waals surface area contributed by atoms with E-state index >= 15 is 0 Å². The van der Waals surface area contributed by atoms with Gasteiger partial charge in [0.2, 0.25) is 0 Å². The quantitative estimate of drug-likeness (QED) is 0.143. The first-order valence-electron chi connectivity index (χ1n) is 15.7. The number of aliphatic hydroxyl groups is 6. The van der Waals surface area contributed by atoms with E-state index in [0.29, 0.717) is 0 Å². The lowest BCUT2D eigenvalue weighted by Gasteiger charge is -2.66. The number of carbonyl (C=O) groups is 5. The molecule has 14 heteroatoms. The standard InChI is InChI=1S/C32H40O14/c1-9-7-14-28(5,29(6,42)27(41)46-14)19-16(9)31(10(2)33)17(21(19)37)15-18(23(25(31)39)44-12(4)35)32(11(3)34)26(40)22-13(45-22)8-30(32,43)24(38)20(15)36/h7,9,13,15-19,21-26,37-40,42-43H,8H2,1-6H3. The van der Waals surface area contributed by atoms with Crippen LogP contribution in [-0.2, 0) is 38.2 Å². The van der Waals surface area contributed by atoms with E-state index in [4.69, 9.17) is 14.2 Å². The van der Waals surface area contributed by atoms with Crippen molar-refractivity contribution in [3.63, 3.8) is 0 Å². The SMILES string of the molecule is CC(=O)OC1C(O)C2(C(C)=O)C(C(O)C3C2C(C)C=C2OC(=O)C(C)(O)C23C)C2C(=O)C(O)C3(O)CC4OC4C(O)C3(C(C)=O)C12. The van der Waals surface area contributed by atoms with Crippen molar-refractivity contribution in [2.75, 3.05) is 0 Å². The van der Waals surface area contributed by atoms with Crippen molar-refractivity contribution >= 4 is 29.3 Å². The number of esters is 2. The van der Waals surface area contributed by atoms with E-state index in [0.717, 1.165) is 20.8 Å². The maximum absolute atomic E-state index is 14.5. The molecule has 0 aromatic carbocycles. The summed E-state index contributed by atoms with van der Waals surface area (Å²) in [6.07, 6.45) is -10.5. The maximum Gasteiger partial charge on any atom is 0.343 e. The molecule has 14 nitrogen and oxygen atoms in total. The molecule has 7 rings (SSSR count). The summed E-state index contributed by atoms with van der Waals surface area (Å²) in [5.41, 5.74) is -11.1. The molecule has 2 saturated heterocycles. The molecular weight excluding hydrogens is 608 g/mol. The van der Waals surface area contributed by atoms with Gasteiger partial charge in [0.15, 0.2) is 11.4 Å². The Balaban J connectivity index is 1.54. The highest BCUT2D eigenvalue weighted by molar-refractivity contribution is 5.97. The van der Waals surface area contributed by atoms with Gasteiger partial charge in [0.05, 0.1) is 34.6 Å². The summed E-state index contributed by atoms with van der Waals surface area (Å²) in [6.45, 7) is 7.57. The van der Waals surface area contributed by atoms with Gasteiger partial charge in [0.1, 0.15) is 47.3 Å². The number of fused-ring (bicyclic) bond motifs is 10. The van der Waals surface area contributed by atoms with Crippen molar-refractivity contribution in [3.05, 3.63) is 11.8 Å². The Bertz CT molecular complexity index is 1520. The van der Waals surface area contributed by atoms with E-state index in [9.17, 15) is 54.6 Å². The molecule has 0 aromatic rings. The maximum atomic E-state index is 14.5. The third kappa shape index (κ3) is 3.07. The minimum atomic E-state index is -2.64. The Morgan fingerprint density at radius 2 is 1.54 bits per heavy atom. The van der Waals surface area contributed by atoms with E-state index in [1.807, 2.05) is 0 Å². The minimum absolute atomic E-state index is 0.0411. The summed E-state index contributed by atoms with van der Waals surface area (Å²) in [5, 5.41) is 72.3. The third-order valence-corrected chi connectivity index (χ3v) is 13.6. The van der Waals surface area contributed by atoms with E-state index < -0.39 is 141 Å². The van der Waals surface area contributed by atoms with Crippen LogP contribution in [-0.4, -0.2) is 114 Å². The van der Waals surface area contributed by atoms with Crippen LogP contribution in [0.5, 0.6) is 0 Å². The fraction of sp³-hybridized carbons (Fsp3) is 0.781. The molecule has 7 aliphatic rings. The molecule has 252 valence electrons. The largest absolute Gasteiger partial charge is 0.459 e. The van der Waals surface area contributed by atoms with Gasteiger partial charge < -0.3 is 44.8 Å². The Labute approximate surface area is 263 Å². The predicted molar refractivity (Wildman–Crippen MR) is 149 cm³/mol. The Hall–Kier alpha value is -2.59. The topological polar surface area (TPSA) is 238 Å². The smallest absolute Gasteiger partial charge is 0.343 e. The minimum Gasteiger partial charge on any atom is -0.459 e. The number of epoxide rings is 1. The normalized spacial score (nSPS) is 57.8. The van der Waals surface area contributed by atoms with Crippen molar-refractivity contribution in [2.45, 2.75) is 102 Å². The fourth-order valence-corrected chi connectivity index (χ4v) is 11.8. The Morgan fingerprint density at radius 3 is 2.11 bits per heavy atom. The molecule has 0 bridgehead atoms. The van der Waals surface area contributed by atoms with Crippen LogP contribution in [0.1, 0.15) is 48.0 Å². The van der Waals surface area contributed by atoms with Crippen molar-refractivity contribution in [2.24, 2.45) is 51.8 Å². The first-order valence-corrected chi connectivity index (χ1v) is 15.7. The van der Waals surface area contributed by atoms with Crippen LogP contribution in [0, 0.1) is 51.8 Å². The Kier molecular flexibility index (Phi) is 6.32. The van der Waals surface area contributed by atoms with Crippen molar-refractivity contribution in [1.82, 2.24) is 0 Å². The lowest BCUT2D eigenvalue weighted by atomic mass is 9.38. The highest BCUT2D eigenvalue weighted by atomic mass is 16.6. The van der Waals surface area contributed by atoms with Crippen LogP contribution in [0.15, 0.2) is 11.8 Å². The number of hydrogen-bond donors (Lipinski definition) is 6. The van der Waals surface area contributed by atoms with Gasteiger partial charge >= 0.3 is 11.9 Å². The highest BCUT2D eigenvalue weighted by Crippen LogP contribution is 2.75. The molecule has 0 aromatic heterocycles. The number of hydrogen-bond acceptors (Lipinski definition) is 14. The zero-order chi connectivity index (χ0) is 34.0. The second kappa shape index (κ2) is 9.10. The molecule has 5 aliphatic carbocycles. The number of ketones is 3. The van der Waals surface area contributed by atoms with Crippen LogP contribution in [0.25, 0.3) is 0 Å². The number of aliphatic hydroxyl groups excluding tert-OH is 4. The van der Waals surface area contributed by atoms with Gasteiger partial charge in [-0.25, -0.2) is 4.79 Å². The van der Waals surface area contributed by atoms with Crippen LogP contribution < -0.4 is 0 Å². The summed E-state index contributed by atoms with van der Waals surface area (Å²) in [6, 6.07) is 0. The molecule has 2 aliphatic heterocycles. The molecule has 6 fully saturated rings. The molecule has 0 spiro atoms. The number of rotatable bonds is 3. The molecule has 6 N–H and O–H groups in total. The molecule has 46 heavy (non-hydrogen) atoms. The first kappa shape index (κ1) is 32.0. The lowest BCUT2D eigenvalue weighted by molar-refractivity contribution is -0.291. The summed E-state index contributed by atoms with van der Waals surface area (Å²) in [5.74, 6) is -12.7. The summed E-state index contributed by atoms with van der Waals surface area (Å²) in [4.78, 5) is 68.4. The Morgan fingerprint density at radius 1 is 0.913 bits per heavy atom. The molecule has 18 unspecified atom stereocenters. The van der Waals surface area contributed by atoms with Crippen LogP contribution >= 0.6 is 0 Å². The number of carbonyl (C=O) groups excluding carboxylic acids is 5. The van der Waals surface area contributed by atoms with Crippen LogP contribution in [0.4, 0.5) is 0 Å². The summed E-state index contributed by atoms with van der Waals surface area (Å²) < 4.78 is 16.7. The van der Waals surface area contributed by atoms with E-state index in [1.165, 1.54) is 19.9 Å². The summed E-state index contributed by atoms with van der Waals surface area (Å²) in [7, 11) is 0. The lowest BCUT2D eigenvalue weighted by Crippen LogP contribution is -2.83. The van der Waals surface area contributed by atoms with E-state index in [2.05, 4.69) is 0 Å². The molecule has 2 heterocycles. The highest BCUT2D eigenvalue weighted by Gasteiger charge is 2.87. The van der Waals surface area contributed by atoms with Gasteiger partial charge in [-0.05, 0) is 45.6 Å². The van der Waals surface area contributed by atoms with Crippen LogP contribution in [0.2, 0.25) is 0 Å². The number of allylic oxidation sites excluding steroid dienone is 1. The van der Waals surface area contributed by atoms with Crippen molar-refractivity contribution < 1.29 is 68.8 Å². The predicted octanol–water partition coefficient (Wildman–Crippen LogP) is -2.05. The summed E-state index contributed by atoms with van der Waals surface area (Å²) >= 11 is 0. The van der Waals surface area contributed by atoms with Gasteiger partial charge in [-0.2, -0.15) is 0 Å². The van der Waals surface area contributed by atoms with Crippen molar-refractivity contribution in [3.8, 4) is 0 Å². The van der Waals surface area contributed by atoms with E-state index in [1.54, 1.807) is 6.92 Å². The molecule has 0 amide bonds. The first-order chi connectivity index (χ1) is 21.2. The van der Waals surface area contributed by atoms with E-state index in [-0.39, 0.29) is 5.76 Å². The van der Waals surface area contributed by atoms with Crippen molar-refractivity contribution in [1.29, 1.82) is 0 Å². The number of Topliss-reactive ketones (excluding diaryl/α,β-unsaturated/α-hetero) is 3. The average Bonchev–Trinajstić information content (AvgIpc) is 3.62. The van der Waals surface area contributed by atoms with Gasteiger partial charge in [-0.1, -0.05) is 6.92 Å². The monoisotopic (exact) mass is 648 g/mol. The molecular formula is C32H40O14. The second-order valence-electron chi connectivity index (χ2n) is 15.1. The molecule has 4 saturated carbocycles. The third-order valence-electron chi connectivity index (χ3n) is 13.6.